The number of anilines is 1. The van der Waals surface area contributed by atoms with Gasteiger partial charge in [0.25, 0.3) is 0 Å². The zero-order valence-electron chi connectivity index (χ0n) is 12.0. The first-order valence-corrected chi connectivity index (χ1v) is 6.71. The van der Waals surface area contributed by atoms with Crippen molar-refractivity contribution in [2.75, 3.05) is 5.32 Å². The van der Waals surface area contributed by atoms with Crippen LogP contribution in [0.3, 0.4) is 0 Å². The number of hydrogen-bond acceptors (Lipinski definition) is 4. The van der Waals surface area contributed by atoms with Crippen molar-refractivity contribution in [1.82, 2.24) is 9.97 Å². The molecule has 5 nitrogen and oxygen atoms in total. The van der Waals surface area contributed by atoms with E-state index in [1.165, 1.54) is 0 Å². The van der Waals surface area contributed by atoms with Crippen LogP contribution in [0.15, 0.2) is 0 Å². The quantitative estimate of drug-likeness (QED) is 0.814. The summed E-state index contributed by atoms with van der Waals surface area (Å²) in [5, 5.41) is 3.47. The van der Waals surface area contributed by atoms with Gasteiger partial charge in [0.15, 0.2) is 0 Å². The fourth-order valence-electron chi connectivity index (χ4n) is 1.62. The van der Waals surface area contributed by atoms with Gasteiger partial charge in [-0.05, 0) is 12.8 Å². The number of carbonyl (C=O) groups is 1. The molecule has 1 aromatic rings. The van der Waals surface area contributed by atoms with Gasteiger partial charge in [-0.2, -0.15) is 0 Å². The highest BCUT2D eigenvalue weighted by atomic mass is 35.5. The minimum absolute atomic E-state index is 0.0631. The van der Waals surface area contributed by atoms with Gasteiger partial charge in [0.1, 0.15) is 22.8 Å². The molecule has 0 aliphatic heterocycles. The smallest absolute Gasteiger partial charge is 0.240 e. The van der Waals surface area contributed by atoms with Gasteiger partial charge in [0.05, 0.1) is 0 Å². The van der Waals surface area contributed by atoms with Gasteiger partial charge in [-0.25, -0.2) is 9.97 Å². The van der Waals surface area contributed by atoms with Crippen LogP contribution in [0.5, 0.6) is 0 Å². The highest BCUT2D eigenvalue weighted by Gasteiger charge is 2.22. The lowest BCUT2D eigenvalue weighted by Crippen LogP contribution is -2.40. The summed E-state index contributed by atoms with van der Waals surface area (Å²) in [7, 11) is 0. The molecular weight excluding hydrogens is 264 g/mol. The summed E-state index contributed by atoms with van der Waals surface area (Å²) in [6.07, 6.45) is 0. The summed E-state index contributed by atoms with van der Waals surface area (Å²) in [4.78, 5) is 20.1. The second kappa shape index (κ2) is 6.19. The Bertz CT molecular complexity index is 474. The van der Waals surface area contributed by atoms with Crippen LogP contribution in [0.1, 0.15) is 45.0 Å². The van der Waals surface area contributed by atoms with Crippen molar-refractivity contribution in [2.24, 2.45) is 11.7 Å². The van der Waals surface area contributed by atoms with Gasteiger partial charge in [-0.3, -0.25) is 4.79 Å². The second-order valence-electron chi connectivity index (χ2n) is 5.27. The Kier molecular flexibility index (Phi) is 5.11. The Morgan fingerprint density at radius 3 is 2.26 bits per heavy atom. The van der Waals surface area contributed by atoms with E-state index in [9.17, 15) is 4.79 Å². The maximum atomic E-state index is 11.4. The first-order chi connectivity index (χ1) is 8.73. The maximum Gasteiger partial charge on any atom is 0.240 e. The molecule has 0 aromatic carbocycles. The Balaban J connectivity index is 3.15. The molecule has 0 aliphatic carbocycles. The summed E-state index contributed by atoms with van der Waals surface area (Å²) in [5.74, 6) is 1.03. The number of nitrogens with zero attached hydrogens (tertiary/aromatic N) is 2. The number of primary amides is 1. The van der Waals surface area contributed by atoms with Crippen molar-refractivity contribution in [3.63, 3.8) is 0 Å². The highest BCUT2D eigenvalue weighted by Crippen LogP contribution is 2.24. The van der Waals surface area contributed by atoms with Crippen LogP contribution >= 0.6 is 11.6 Å². The van der Waals surface area contributed by atoms with Gasteiger partial charge < -0.3 is 11.1 Å². The molecule has 0 fully saturated rings. The molecule has 1 unspecified atom stereocenters. The van der Waals surface area contributed by atoms with Crippen LogP contribution < -0.4 is 11.1 Å². The van der Waals surface area contributed by atoms with Gasteiger partial charge in [0, 0.05) is 11.5 Å². The number of nitrogens with two attached hydrogens (primary N) is 1. The summed E-state index contributed by atoms with van der Waals surface area (Å²) >= 11 is 6.10. The van der Waals surface area contributed by atoms with Gasteiger partial charge in [-0.15, -0.1) is 0 Å². The van der Waals surface area contributed by atoms with Gasteiger partial charge >= 0.3 is 0 Å². The zero-order chi connectivity index (χ0) is 14.7. The van der Waals surface area contributed by atoms with E-state index in [1.54, 1.807) is 0 Å². The predicted octanol–water partition coefficient (Wildman–Crippen LogP) is 2.48. The normalized spacial score (nSPS) is 12.8. The minimum Gasteiger partial charge on any atom is -0.368 e. The number of rotatable bonds is 5. The molecule has 0 spiro atoms. The molecule has 1 aromatic heterocycles. The second-order valence-corrected chi connectivity index (χ2v) is 5.63. The largest absolute Gasteiger partial charge is 0.368 e. The third kappa shape index (κ3) is 3.80. The van der Waals surface area contributed by atoms with Crippen LogP contribution in [0, 0.1) is 12.8 Å². The standard InChI is InChI=1S/C13H21ClN4O/c1-6(2)9(11(15)19)16-13-8(5)10(14)17-12(18-13)7(3)4/h6-7,9H,1-5H3,(H2,15,19)(H,16,17,18). The Morgan fingerprint density at radius 2 is 1.84 bits per heavy atom. The van der Waals surface area contributed by atoms with Crippen molar-refractivity contribution in [3.05, 3.63) is 16.5 Å². The first kappa shape index (κ1) is 15.7. The topological polar surface area (TPSA) is 80.9 Å². The molecule has 1 heterocycles. The molecule has 0 aliphatic rings. The number of aromatic nitrogens is 2. The number of carbonyl (C=O) groups excluding carboxylic acids is 1. The van der Waals surface area contributed by atoms with E-state index in [2.05, 4.69) is 15.3 Å². The molecule has 3 N–H and O–H groups in total. The fraction of sp³-hybridized carbons (Fsp3) is 0.615. The van der Waals surface area contributed by atoms with Crippen molar-refractivity contribution < 1.29 is 4.79 Å². The van der Waals surface area contributed by atoms with Crippen LogP contribution in [0.25, 0.3) is 0 Å². The van der Waals surface area contributed by atoms with E-state index in [1.807, 2.05) is 34.6 Å². The third-order valence-electron chi connectivity index (χ3n) is 2.89. The lowest BCUT2D eigenvalue weighted by atomic mass is 10.0. The molecule has 0 bridgehead atoms. The molecule has 0 radical (unpaired) electrons. The molecule has 6 heteroatoms. The number of hydrogen-bond donors (Lipinski definition) is 2. The third-order valence-corrected chi connectivity index (χ3v) is 3.25. The number of halogens is 1. The molecule has 1 amide bonds. The van der Waals surface area contributed by atoms with Crippen LogP contribution in [0.2, 0.25) is 5.15 Å². The highest BCUT2D eigenvalue weighted by molar-refractivity contribution is 6.30. The van der Waals surface area contributed by atoms with E-state index < -0.39 is 11.9 Å². The van der Waals surface area contributed by atoms with E-state index in [0.29, 0.717) is 16.8 Å². The number of nitrogens with one attached hydrogen (secondary N) is 1. The summed E-state index contributed by atoms with van der Waals surface area (Å²) in [5.41, 5.74) is 6.11. The minimum atomic E-state index is -0.482. The SMILES string of the molecule is Cc1c(Cl)nc(C(C)C)nc1NC(C(N)=O)C(C)C. The zero-order valence-corrected chi connectivity index (χ0v) is 12.7. The number of amides is 1. The van der Waals surface area contributed by atoms with Crippen LogP contribution in [0.4, 0.5) is 5.82 Å². The summed E-state index contributed by atoms with van der Waals surface area (Å²) in [6.45, 7) is 9.62. The average molecular weight is 285 g/mol. The summed E-state index contributed by atoms with van der Waals surface area (Å²) in [6, 6.07) is -0.482. The van der Waals surface area contributed by atoms with Crippen LogP contribution in [-0.4, -0.2) is 21.9 Å². The molecule has 1 rings (SSSR count). The summed E-state index contributed by atoms with van der Waals surface area (Å²) < 4.78 is 0. The lowest BCUT2D eigenvalue weighted by molar-refractivity contribution is -0.119. The van der Waals surface area contributed by atoms with Gasteiger partial charge in [0.2, 0.25) is 5.91 Å². The van der Waals surface area contributed by atoms with Gasteiger partial charge in [-0.1, -0.05) is 39.3 Å². The maximum absolute atomic E-state index is 11.4. The molecule has 106 valence electrons. The van der Waals surface area contributed by atoms with Crippen molar-refractivity contribution in [2.45, 2.75) is 46.6 Å². The van der Waals surface area contributed by atoms with E-state index in [4.69, 9.17) is 17.3 Å². The fourth-order valence-corrected chi connectivity index (χ4v) is 1.79. The first-order valence-electron chi connectivity index (χ1n) is 6.33. The Labute approximate surface area is 119 Å². The van der Waals surface area contributed by atoms with E-state index in [0.717, 1.165) is 5.56 Å². The molecule has 19 heavy (non-hydrogen) atoms. The Hall–Kier alpha value is -1.36. The molecule has 0 saturated heterocycles. The monoisotopic (exact) mass is 284 g/mol. The lowest BCUT2D eigenvalue weighted by Gasteiger charge is -2.21. The van der Waals surface area contributed by atoms with E-state index >= 15 is 0 Å². The van der Waals surface area contributed by atoms with Crippen molar-refractivity contribution >= 4 is 23.3 Å². The average Bonchev–Trinajstić information content (AvgIpc) is 2.29. The van der Waals surface area contributed by atoms with Crippen molar-refractivity contribution in [3.8, 4) is 0 Å². The van der Waals surface area contributed by atoms with Crippen molar-refractivity contribution in [1.29, 1.82) is 0 Å². The molecular formula is C13H21ClN4O. The Morgan fingerprint density at radius 1 is 1.26 bits per heavy atom. The molecule has 0 saturated carbocycles. The van der Waals surface area contributed by atoms with E-state index in [-0.39, 0.29) is 11.8 Å². The molecule has 1 atom stereocenters. The van der Waals surface area contributed by atoms with Crippen LogP contribution in [-0.2, 0) is 4.79 Å². The predicted molar refractivity (Wildman–Crippen MR) is 77.3 cm³/mol.